The number of ether oxygens (including phenoxy) is 2. The van der Waals surface area contributed by atoms with Crippen molar-refractivity contribution in [2.45, 2.75) is 32.6 Å². The second kappa shape index (κ2) is 7.90. The van der Waals surface area contributed by atoms with E-state index in [1.807, 2.05) is 13.8 Å². The molecule has 0 saturated carbocycles. The Hall–Kier alpha value is -1.55. The fraction of sp³-hybridized carbons (Fsp3) is 0.467. The molecule has 0 heterocycles. The maximum atomic E-state index is 11.8. The molecule has 20 heavy (non-hydrogen) atoms. The molecule has 0 fully saturated rings. The number of benzene rings is 1. The minimum absolute atomic E-state index is 0.182. The molecule has 0 aliphatic rings. The van der Waals surface area contributed by atoms with Crippen molar-refractivity contribution in [2.24, 2.45) is 5.92 Å². The van der Waals surface area contributed by atoms with Crippen LogP contribution in [0.1, 0.15) is 37.6 Å². The molecule has 2 unspecified atom stereocenters. The second-order valence-electron chi connectivity index (χ2n) is 4.62. The van der Waals surface area contributed by atoms with E-state index in [1.165, 1.54) is 6.92 Å². The van der Waals surface area contributed by atoms with Crippen LogP contribution < -0.4 is 4.74 Å². The molecule has 0 radical (unpaired) electrons. The topological polar surface area (TPSA) is 52.6 Å². The lowest BCUT2D eigenvalue weighted by Crippen LogP contribution is -2.20. The molecule has 110 valence electrons. The van der Waals surface area contributed by atoms with Crippen LogP contribution in [0.15, 0.2) is 24.3 Å². The van der Waals surface area contributed by atoms with Crippen molar-refractivity contribution in [1.29, 1.82) is 0 Å². The molecule has 1 rings (SSSR count). The molecule has 1 aromatic carbocycles. The lowest BCUT2D eigenvalue weighted by Gasteiger charge is -2.16. The molecule has 5 heteroatoms. The summed E-state index contributed by atoms with van der Waals surface area (Å²) in [6.45, 7) is 5.55. The minimum atomic E-state index is -0.437. The molecule has 0 N–H and O–H groups in total. The first-order valence-corrected chi connectivity index (χ1v) is 6.97. The fourth-order valence-electron chi connectivity index (χ4n) is 1.48. The molecule has 0 bridgehead atoms. The molecule has 0 aliphatic heterocycles. The molecule has 0 aromatic heterocycles. The van der Waals surface area contributed by atoms with Crippen LogP contribution in [-0.4, -0.2) is 23.9 Å². The van der Waals surface area contributed by atoms with Gasteiger partial charge in [0, 0.05) is 6.92 Å². The first kappa shape index (κ1) is 16.5. The van der Waals surface area contributed by atoms with E-state index in [0.29, 0.717) is 11.3 Å². The molecule has 0 amide bonds. The summed E-state index contributed by atoms with van der Waals surface area (Å²) in [5, 5.41) is -0.190. The Morgan fingerprint density at radius 3 is 2.35 bits per heavy atom. The van der Waals surface area contributed by atoms with E-state index in [0.717, 1.165) is 6.42 Å². The molecule has 0 aliphatic carbocycles. The van der Waals surface area contributed by atoms with Gasteiger partial charge in [0.15, 0.2) is 0 Å². The third-order valence-corrected chi connectivity index (χ3v) is 3.54. The Morgan fingerprint density at radius 1 is 1.25 bits per heavy atom. The Bertz CT molecular complexity index is 455. The van der Waals surface area contributed by atoms with Crippen molar-refractivity contribution in [3.63, 3.8) is 0 Å². The highest BCUT2D eigenvalue weighted by Gasteiger charge is 2.16. The zero-order chi connectivity index (χ0) is 15.1. The van der Waals surface area contributed by atoms with E-state index in [2.05, 4.69) is 0 Å². The largest absolute Gasteiger partial charge is 0.461 e. The van der Waals surface area contributed by atoms with Crippen LogP contribution in [0.25, 0.3) is 0 Å². The minimum Gasteiger partial charge on any atom is -0.461 e. The van der Waals surface area contributed by atoms with E-state index in [1.54, 1.807) is 24.3 Å². The highest BCUT2D eigenvalue weighted by molar-refractivity contribution is 6.21. The van der Waals surface area contributed by atoms with Gasteiger partial charge in [-0.3, -0.25) is 4.79 Å². The van der Waals surface area contributed by atoms with Gasteiger partial charge in [0.2, 0.25) is 0 Å². The zero-order valence-corrected chi connectivity index (χ0v) is 12.6. The maximum absolute atomic E-state index is 11.8. The van der Waals surface area contributed by atoms with Crippen molar-refractivity contribution >= 4 is 23.5 Å². The van der Waals surface area contributed by atoms with E-state index in [9.17, 15) is 9.59 Å². The van der Waals surface area contributed by atoms with Crippen LogP contribution in [0.5, 0.6) is 5.75 Å². The Labute approximate surface area is 124 Å². The van der Waals surface area contributed by atoms with Crippen molar-refractivity contribution in [3.8, 4) is 5.75 Å². The SMILES string of the molecule is CCC(C)C(Cl)COC(=O)c1ccc(OC(C)=O)cc1. The maximum Gasteiger partial charge on any atom is 0.338 e. The highest BCUT2D eigenvalue weighted by atomic mass is 35.5. The summed E-state index contributed by atoms with van der Waals surface area (Å²) >= 11 is 6.11. The molecule has 4 nitrogen and oxygen atoms in total. The fourth-order valence-corrected chi connectivity index (χ4v) is 1.72. The Kier molecular flexibility index (Phi) is 6.52. The van der Waals surface area contributed by atoms with E-state index in [4.69, 9.17) is 21.1 Å². The van der Waals surface area contributed by atoms with Gasteiger partial charge in [-0.1, -0.05) is 20.3 Å². The van der Waals surface area contributed by atoms with Crippen LogP contribution in [0.3, 0.4) is 0 Å². The van der Waals surface area contributed by atoms with Crippen LogP contribution in [0.4, 0.5) is 0 Å². The number of carbonyl (C=O) groups excluding carboxylic acids is 2. The number of carbonyl (C=O) groups is 2. The summed E-state index contributed by atoms with van der Waals surface area (Å²) in [7, 11) is 0. The van der Waals surface area contributed by atoms with Crippen LogP contribution in [-0.2, 0) is 9.53 Å². The molecule has 1 aromatic rings. The number of hydrogen-bond donors (Lipinski definition) is 0. The lowest BCUT2D eigenvalue weighted by molar-refractivity contribution is -0.131. The van der Waals surface area contributed by atoms with Gasteiger partial charge in [0.05, 0.1) is 10.9 Å². The van der Waals surface area contributed by atoms with Gasteiger partial charge in [-0.25, -0.2) is 4.79 Å². The number of rotatable bonds is 6. The predicted molar refractivity (Wildman–Crippen MR) is 77.1 cm³/mol. The first-order chi connectivity index (χ1) is 9.43. The quantitative estimate of drug-likeness (QED) is 0.459. The van der Waals surface area contributed by atoms with Crippen molar-refractivity contribution < 1.29 is 19.1 Å². The average molecular weight is 299 g/mol. The Morgan fingerprint density at radius 2 is 1.85 bits per heavy atom. The molecule has 0 spiro atoms. The van der Waals surface area contributed by atoms with Gasteiger partial charge in [0.1, 0.15) is 12.4 Å². The second-order valence-corrected chi connectivity index (χ2v) is 5.18. The van der Waals surface area contributed by atoms with Gasteiger partial charge < -0.3 is 9.47 Å². The van der Waals surface area contributed by atoms with Gasteiger partial charge in [0.25, 0.3) is 0 Å². The first-order valence-electron chi connectivity index (χ1n) is 6.53. The third-order valence-electron chi connectivity index (χ3n) is 2.99. The van der Waals surface area contributed by atoms with Gasteiger partial charge in [-0.2, -0.15) is 0 Å². The molecular weight excluding hydrogens is 280 g/mol. The summed E-state index contributed by atoms with van der Waals surface area (Å²) in [5.74, 6) is -0.160. The lowest BCUT2D eigenvalue weighted by atomic mass is 10.1. The molecule has 2 atom stereocenters. The van der Waals surface area contributed by atoms with E-state index >= 15 is 0 Å². The Balaban J connectivity index is 2.53. The van der Waals surface area contributed by atoms with Crippen LogP contribution in [0, 0.1) is 5.92 Å². The average Bonchev–Trinajstić information content (AvgIpc) is 2.43. The zero-order valence-electron chi connectivity index (χ0n) is 11.9. The number of hydrogen-bond acceptors (Lipinski definition) is 4. The monoisotopic (exact) mass is 298 g/mol. The van der Waals surface area contributed by atoms with Crippen molar-refractivity contribution in [3.05, 3.63) is 29.8 Å². The van der Waals surface area contributed by atoms with E-state index in [-0.39, 0.29) is 17.9 Å². The third kappa shape index (κ3) is 5.21. The van der Waals surface area contributed by atoms with E-state index < -0.39 is 11.9 Å². The molecule has 0 saturated heterocycles. The predicted octanol–water partition coefficient (Wildman–Crippen LogP) is 3.42. The highest BCUT2D eigenvalue weighted by Crippen LogP contribution is 2.16. The van der Waals surface area contributed by atoms with Crippen molar-refractivity contribution in [1.82, 2.24) is 0 Å². The van der Waals surface area contributed by atoms with Gasteiger partial charge in [-0.15, -0.1) is 11.6 Å². The standard InChI is InChI=1S/C15H19ClO4/c1-4-10(2)14(16)9-19-15(18)12-5-7-13(8-6-12)20-11(3)17/h5-8,10,14H,4,9H2,1-3H3. The summed E-state index contributed by atoms with van der Waals surface area (Å²) in [6.07, 6.45) is 0.933. The summed E-state index contributed by atoms with van der Waals surface area (Å²) in [5.41, 5.74) is 0.397. The smallest absolute Gasteiger partial charge is 0.338 e. The number of alkyl halides is 1. The molecular formula is C15H19ClO4. The van der Waals surface area contributed by atoms with Crippen LogP contribution >= 0.6 is 11.6 Å². The number of esters is 2. The van der Waals surface area contributed by atoms with Gasteiger partial charge >= 0.3 is 11.9 Å². The summed E-state index contributed by atoms with van der Waals surface area (Å²) in [6, 6.07) is 6.19. The summed E-state index contributed by atoms with van der Waals surface area (Å²) < 4.78 is 10.0. The number of halogens is 1. The van der Waals surface area contributed by atoms with Gasteiger partial charge in [-0.05, 0) is 30.2 Å². The van der Waals surface area contributed by atoms with Crippen LogP contribution in [0.2, 0.25) is 0 Å². The summed E-state index contributed by atoms with van der Waals surface area (Å²) in [4.78, 5) is 22.6. The normalized spacial score (nSPS) is 13.4. The van der Waals surface area contributed by atoms with Crippen molar-refractivity contribution in [2.75, 3.05) is 6.61 Å².